The van der Waals surface area contributed by atoms with Gasteiger partial charge in [-0.05, 0) is 47.3 Å². The highest BCUT2D eigenvalue weighted by Crippen LogP contribution is 2.22. The van der Waals surface area contributed by atoms with Crippen LogP contribution >= 0.6 is 0 Å². The van der Waals surface area contributed by atoms with Gasteiger partial charge in [0.1, 0.15) is 0 Å². The molecule has 0 spiro atoms. The Kier molecular flexibility index (Phi) is 7.16. The van der Waals surface area contributed by atoms with Crippen LogP contribution in [0.3, 0.4) is 0 Å². The standard InChI is InChI=1S/C23H25N7O3S/c24-22(25)27-11-1-10-26-12-15-2-4-16(5-3-15)19-13-30-14-20(28-23(30)29-21(19)31)17-6-8-18(9-7-17)34(32)33/h2-9,13-14,26H,1,10-12H2,(H,32,33)(H4,24,25,27)(H,28,29,31)/p-1. The second-order valence-corrected chi connectivity index (χ2v) is 8.59. The minimum Gasteiger partial charge on any atom is -0.768 e. The van der Waals surface area contributed by atoms with Crippen molar-refractivity contribution in [2.45, 2.75) is 17.9 Å². The van der Waals surface area contributed by atoms with Crippen LogP contribution in [0.1, 0.15) is 12.0 Å². The second kappa shape index (κ2) is 10.4. The van der Waals surface area contributed by atoms with Crippen molar-refractivity contribution < 1.29 is 8.76 Å². The summed E-state index contributed by atoms with van der Waals surface area (Å²) in [4.78, 5) is 24.1. The van der Waals surface area contributed by atoms with E-state index < -0.39 is 11.1 Å². The first-order chi connectivity index (χ1) is 16.4. The minimum absolute atomic E-state index is 0.101. The van der Waals surface area contributed by atoms with Crippen molar-refractivity contribution in [1.29, 1.82) is 0 Å². The molecule has 1 atom stereocenters. The molecule has 34 heavy (non-hydrogen) atoms. The van der Waals surface area contributed by atoms with Crippen LogP contribution in [0.15, 0.2) is 75.6 Å². The molecule has 11 heteroatoms. The van der Waals surface area contributed by atoms with E-state index in [4.69, 9.17) is 11.5 Å². The van der Waals surface area contributed by atoms with Crippen molar-refractivity contribution in [2.24, 2.45) is 16.5 Å². The van der Waals surface area contributed by atoms with Crippen molar-refractivity contribution in [1.82, 2.24) is 19.7 Å². The van der Waals surface area contributed by atoms with E-state index in [1.807, 2.05) is 24.3 Å². The summed E-state index contributed by atoms with van der Waals surface area (Å²) in [6, 6.07) is 14.2. The number of nitrogens with two attached hydrogens (primary N) is 2. The van der Waals surface area contributed by atoms with Crippen molar-refractivity contribution >= 4 is 22.8 Å². The summed E-state index contributed by atoms with van der Waals surface area (Å²) in [6.45, 7) is 2.07. The summed E-state index contributed by atoms with van der Waals surface area (Å²) < 4.78 is 23.9. The normalized spacial score (nSPS) is 12.0. The average molecular weight is 479 g/mol. The van der Waals surface area contributed by atoms with Gasteiger partial charge in [-0.1, -0.05) is 36.4 Å². The van der Waals surface area contributed by atoms with E-state index >= 15 is 0 Å². The first-order valence-corrected chi connectivity index (χ1v) is 11.7. The molecule has 0 aliphatic heterocycles. The molecular weight excluding hydrogens is 454 g/mol. The van der Waals surface area contributed by atoms with Gasteiger partial charge in [0.25, 0.3) is 5.56 Å². The molecule has 0 bridgehead atoms. The van der Waals surface area contributed by atoms with Crippen molar-refractivity contribution in [3.8, 4) is 22.4 Å². The highest BCUT2D eigenvalue weighted by atomic mass is 32.2. The molecule has 0 amide bonds. The van der Waals surface area contributed by atoms with E-state index in [-0.39, 0.29) is 16.4 Å². The van der Waals surface area contributed by atoms with Crippen molar-refractivity contribution in [2.75, 3.05) is 13.1 Å². The van der Waals surface area contributed by atoms with Crippen LogP contribution in [0.4, 0.5) is 0 Å². The Hall–Kier alpha value is -3.80. The maximum Gasteiger partial charge on any atom is 0.260 e. The lowest BCUT2D eigenvalue weighted by atomic mass is 10.1. The highest BCUT2D eigenvalue weighted by Gasteiger charge is 2.10. The molecular formula is C23H24N7O3S-. The number of benzene rings is 2. The number of imidazole rings is 1. The molecule has 0 saturated carbocycles. The Morgan fingerprint density at radius 1 is 1.09 bits per heavy atom. The number of guanidine groups is 1. The monoisotopic (exact) mass is 478 g/mol. The SMILES string of the molecule is NC(N)=NCCCNCc1ccc(-c2cn3cc(-c4ccc(S(=O)[O-])cc4)nc3[nH]c2=O)cc1. The van der Waals surface area contributed by atoms with Gasteiger partial charge in [0.05, 0.1) is 11.3 Å². The van der Waals surface area contributed by atoms with Gasteiger partial charge < -0.3 is 21.3 Å². The Labute approximate surface area is 198 Å². The third kappa shape index (κ3) is 5.57. The Morgan fingerprint density at radius 3 is 2.47 bits per heavy atom. The van der Waals surface area contributed by atoms with Gasteiger partial charge >= 0.3 is 0 Å². The zero-order valence-corrected chi connectivity index (χ0v) is 19.0. The van der Waals surface area contributed by atoms with Crippen LogP contribution in [0.5, 0.6) is 0 Å². The fourth-order valence-electron chi connectivity index (χ4n) is 3.48. The van der Waals surface area contributed by atoms with Gasteiger partial charge in [-0.2, -0.15) is 0 Å². The van der Waals surface area contributed by atoms with E-state index in [1.54, 1.807) is 28.9 Å². The second-order valence-electron chi connectivity index (χ2n) is 7.65. The quantitative estimate of drug-likeness (QED) is 0.122. The average Bonchev–Trinajstić information content (AvgIpc) is 3.24. The van der Waals surface area contributed by atoms with Crippen LogP contribution in [-0.2, 0) is 17.6 Å². The lowest BCUT2D eigenvalue weighted by molar-refractivity contribution is 0.537. The summed E-state index contributed by atoms with van der Waals surface area (Å²) in [6.07, 6.45) is 4.36. The number of nitrogens with zero attached hydrogens (tertiary/aromatic N) is 3. The largest absolute Gasteiger partial charge is 0.768 e. The molecule has 0 saturated heterocycles. The number of hydrogen-bond donors (Lipinski definition) is 4. The van der Waals surface area contributed by atoms with E-state index in [0.717, 1.165) is 29.7 Å². The van der Waals surface area contributed by atoms with Crippen LogP contribution in [0, 0.1) is 0 Å². The summed E-state index contributed by atoms with van der Waals surface area (Å²) in [5, 5.41) is 3.33. The molecule has 0 radical (unpaired) electrons. The van der Waals surface area contributed by atoms with Gasteiger partial charge in [-0.25, -0.2) is 4.98 Å². The van der Waals surface area contributed by atoms with Gasteiger partial charge in [0, 0.05) is 35.9 Å². The molecule has 0 fully saturated rings. The van der Waals surface area contributed by atoms with E-state index in [1.165, 1.54) is 12.1 Å². The molecule has 6 N–H and O–H groups in total. The first kappa shape index (κ1) is 23.4. The third-order valence-electron chi connectivity index (χ3n) is 5.21. The molecule has 2 aromatic carbocycles. The molecule has 4 rings (SSSR count). The minimum atomic E-state index is -2.28. The molecule has 4 aromatic rings. The summed E-state index contributed by atoms with van der Waals surface area (Å²) in [5.41, 5.74) is 14.1. The Balaban J connectivity index is 1.47. The number of aromatic nitrogens is 3. The van der Waals surface area contributed by atoms with Crippen LogP contribution in [-0.4, -0.2) is 42.2 Å². The lowest BCUT2D eigenvalue weighted by Crippen LogP contribution is -2.23. The molecule has 0 aliphatic carbocycles. The highest BCUT2D eigenvalue weighted by molar-refractivity contribution is 7.79. The van der Waals surface area contributed by atoms with Gasteiger partial charge in [-0.3, -0.25) is 23.4 Å². The molecule has 2 aromatic heterocycles. The van der Waals surface area contributed by atoms with Crippen LogP contribution in [0.2, 0.25) is 0 Å². The van der Waals surface area contributed by atoms with Crippen LogP contribution in [0.25, 0.3) is 28.2 Å². The molecule has 1 unspecified atom stereocenters. The predicted molar refractivity (Wildman–Crippen MR) is 131 cm³/mol. The lowest BCUT2D eigenvalue weighted by Gasteiger charge is -2.06. The van der Waals surface area contributed by atoms with E-state index in [2.05, 4.69) is 20.3 Å². The predicted octanol–water partition coefficient (Wildman–Crippen LogP) is 1.35. The fourth-order valence-corrected chi connectivity index (χ4v) is 3.84. The number of aromatic amines is 1. The van der Waals surface area contributed by atoms with Crippen LogP contribution < -0.4 is 22.3 Å². The molecule has 176 valence electrons. The van der Waals surface area contributed by atoms with Gasteiger partial charge in [0.2, 0.25) is 5.78 Å². The Bertz CT molecular complexity index is 1390. The van der Waals surface area contributed by atoms with E-state index in [9.17, 15) is 13.6 Å². The number of aliphatic imine (C=N–C) groups is 1. The third-order valence-corrected chi connectivity index (χ3v) is 5.87. The zero-order chi connectivity index (χ0) is 24.1. The summed E-state index contributed by atoms with van der Waals surface area (Å²) in [5.74, 6) is 0.505. The number of H-pyrrole nitrogens is 1. The smallest absolute Gasteiger partial charge is 0.260 e. The van der Waals surface area contributed by atoms with Gasteiger partial charge in [-0.15, -0.1) is 0 Å². The topological polar surface area (TPSA) is 167 Å². The van der Waals surface area contributed by atoms with Gasteiger partial charge in [0.15, 0.2) is 5.96 Å². The maximum absolute atomic E-state index is 12.7. The van der Waals surface area contributed by atoms with Crippen molar-refractivity contribution in [3.05, 3.63) is 76.8 Å². The Morgan fingerprint density at radius 2 is 1.79 bits per heavy atom. The molecule has 2 heterocycles. The number of fused-ring (bicyclic) bond motifs is 1. The molecule has 10 nitrogen and oxygen atoms in total. The molecule has 0 aliphatic rings. The van der Waals surface area contributed by atoms with E-state index in [0.29, 0.717) is 30.1 Å². The first-order valence-electron chi connectivity index (χ1n) is 10.6. The van der Waals surface area contributed by atoms with Crippen molar-refractivity contribution in [3.63, 3.8) is 0 Å². The number of hydrogen-bond acceptors (Lipinski definition) is 6. The number of nitrogens with one attached hydrogen (secondary N) is 2. The maximum atomic E-state index is 12.7. The fraction of sp³-hybridized carbons (Fsp3) is 0.174. The zero-order valence-electron chi connectivity index (χ0n) is 18.2. The number of rotatable bonds is 9. The summed E-state index contributed by atoms with van der Waals surface area (Å²) >= 11 is -2.28. The summed E-state index contributed by atoms with van der Waals surface area (Å²) in [7, 11) is 0.